The van der Waals surface area contributed by atoms with Crippen molar-refractivity contribution < 1.29 is 29.0 Å². The molecule has 0 spiro atoms. The molecule has 1 saturated carbocycles. The zero-order chi connectivity index (χ0) is 22.6. The van der Waals surface area contributed by atoms with Gasteiger partial charge in [-0.25, -0.2) is 0 Å². The third kappa shape index (κ3) is 8.12. The normalized spacial score (nSPS) is 20.5. The van der Waals surface area contributed by atoms with Crippen LogP contribution in [-0.2, 0) is 19.2 Å². The van der Waals surface area contributed by atoms with Crippen LogP contribution in [0, 0.1) is 5.92 Å². The van der Waals surface area contributed by atoms with E-state index in [-0.39, 0.29) is 42.7 Å². The summed E-state index contributed by atoms with van der Waals surface area (Å²) in [5.41, 5.74) is 0. The van der Waals surface area contributed by atoms with Crippen molar-refractivity contribution in [3.8, 4) is 5.75 Å². The Bertz CT molecular complexity index is 767. The van der Waals surface area contributed by atoms with Crippen LogP contribution >= 0.6 is 11.8 Å². The molecule has 0 bridgehead atoms. The van der Waals surface area contributed by atoms with Crippen molar-refractivity contribution in [1.29, 1.82) is 0 Å². The van der Waals surface area contributed by atoms with E-state index in [4.69, 9.17) is 14.6 Å². The number of rotatable bonds is 6. The third-order valence-corrected chi connectivity index (χ3v) is 6.20. The minimum Gasteiger partial charge on any atom is -0.497 e. The highest BCUT2D eigenvalue weighted by molar-refractivity contribution is 8.00. The molecule has 3 amide bonds. The number of carboxylic acid groups (broad SMARTS) is 1. The second kappa shape index (κ2) is 12.8. The van der Waals surface area contributed by atoms with Gasteiger partial charge in [0.25, 0.3) is 6.47 Å². The smallest absolute Gasteiger partial charge is 0.290 e. The fraction of sp³-hybridized carbons (Fsp3) is 0.524. The van der Waals surface area contributed by atoms with Crippen molar-refractivity contribution in [3.63, 3.8) is 0 Å². The van der Waals surface area contributed by atoms with Gasteiger partial charge in [-0.2, -0.15) is 0 Å². The third-order valence-electron chi connectivity index (χ3n) is 5.20. The predicted molar refractivity (Wildman–Crippen MR) is 116 cm³/mol. The zero-order valence-electron chi connectivity index (χ0n) is 17.5. The maximum absolute atomic E-state index is 12.6. The highest BCUT2D eigenvalue weighted by Crippen LogP contribution is 2.27. The Kier molecular flexibility index (Phi) is 10.2. The number of piperazine rings is 1. The Morgan fingerprint density at radius 1 is 1.32 bits per heavy atom. The molecule has 2 aliphatic rings. The molecule has 31 heavy (non-hydrogen) atoms. The Morgan fingerprint density at radius 2 is 2.03 bits per heavy atom. The van der Waals surface area contributed by atoms with Gasteiger partial charge in [-0.15, -0.1) is 11.8 Å². The van der Waals surface area contributed by atoms with Crippen LogP contribution in [0.1, 0.15) is 25.7 Å². The second-order valence-corrected chi connectivity index (χ2v) is 8.35. The number of methoxy groups -OCH3 is 1. The molecule has 2 fully saturated rings. The molecule has 1 aliphatic heterocycles. The first kappa shape index (κ1) is 24.5. The fourth-order valence-electron chi connectivity index (χ4n) is 3.68. The van der Waals surface area contributed by atoms with Gasteiger partial charge in [0.05, 0.1) is 19.4 Å². The summed E-state index contributed by atoms with van der Waals surface area (Å²) in [6.45, 7) is 1.03. The predicted octanol–water partition coefficient (Wildman–Crippen LogP) is 1.12. The van der Waals surface area contributed by atoms with Crippen LogP contribution < -0.4 is 15.4 Å². The van der Waals surface area contributed by atoms with Crippen molar-refractivity contribution in [2.75, 3.05) is 32.5 Å². The first-order valence-electron chi connectivity index (χ1n) is 10.2. The summed E-state index contributed by atoms with van der Waals surface area (Å²) in [5.74, 6) is 1.09. The Balaban J connectivity index is 0.00000107. The molecule has 0 atom stereocenters. The Hall–Kier alpha value is -2.75. The molecule has 1 heterocycles. The molecule has 1 aromatic carbocycles. The zero-order valence-corrected chi connectivity index (χ0v) is 18.4. The molecule has 0 aromatic heterocycles. The van der Waals surface area contributed by atoms with E-state index in [1.54, 1.807) is 12.0 Å². The highest BCUT2D eigenvalue weighted by Gasteiger charge is 2.31. The van der Waals surface area contributed by atoms with E-state index < -0.39 is 0 Å². The number of nitrogens with one attached hydrogen (secondary N) is 2. The summed E-state index contributed by atoms with van der Waals surface area (Å²) >= 11 is 1.48. The lowest BCUT2D eigenvalue weighted by Crippen LogP contribution is -2.52. The van der Waals surface area contributed by atoms with E-state index in [1.807, 2.05) is 24.3 Å². The standard InChI is InChI=1S/C20H27N3O4S.CH2O2/c1-27-16-3-2-4-17(11-16)28-13-19(25)22-15-7-5-14(6-8-15)20(26)23-10-9-21-18(24)12-23;2-1-3/h2-4,11,14-15H,5-10,12-13H2,1H3,(H,21,24)(H,22,25);1H,(H,2,3). The van der Waals surface area contributed by atoms with Gasteiger partial charge in [-0.3, -0.25) is 19.2 Å². The topological polar surface area (TPSA) is 125 Å². The first-order chi connectivity index (χ1) is 15.0. The average Bonchev–Trinajstić information content (AvgIpc) is 2.78. The number of ether oxygens (including phenoxy) is 1. The summed E-state index contributed by atoms with van der Waals surface area (Å²) in [6.07, 6.45) is 3.11. The molecule has 3 rings (SSSR count). The molecule has 1 aliphatic carbocycles. The van der Waals surface area contributed by atoms with Crippen LogP contribution in [0.2, 0.25) is 0 Å². The van der Waals surface area contributed by atoms with E-state index in [1.165, 1.54) is 11.8 Å². The van der Waals surface area contributed by atoms with Crippen LogP contribution in [0.25, 0.3) is 0 Å². The summed E-state index contributed by atoms with van der Waals surface area (Å²) in [6, 6.07) is 7.77. The number of amides is 3. The molecular formula is C21H29N3O6S. The summed E-state index contributed by atoms with van der Waals surface area (Å²) in [7, 11) is 1.62. The SMILES string of the molecule is COc1cccc(SCC(=O)NC2CCC(C(=O)N3CCNC(=O)C3)CC2)c1.O=CO. The van der Waals surface area contributed by atoms with E-state index >= 15 is 0 Å². The van der Waals surface area contributed by atoms with E-state index in [0.29, 0.717) is 18.8 Å². The van der Waals surface area contributed by atoms with Crippen molar-refractivity contribution in [3.05, 3.63) is 24.3 Å². The van der Waals surface area contributed by atoms with E-state index in [0.717, 1.165) is 36.3 Å². The number of carbonyl (C=O) groups is 4. The first-order valence-corrected chi connectivity index (χ1v) is 11.1. The maximum Gasteiger partial charge on any atom is 0.290 e. The van der Waals surface area contributed by atoms with Crippen LogP contribution in [-0.4, -0.2) is 72.7 Å². The largest absolute Gasteiger partial charge is 0.497 e. The summed E-state index contributed by atoms with van der Waals surface area (Å²) < 4.78 is 5.20. The van der Waals surface area contributed by atoms with Gasteiger partial charge in [0, 0.05) is 29.9 Å². The fourth-order valence-corrected chi connectivity index (χ4v) is 4.43. The minimum atomic E-state index is -0.250. The van der Waals surface area contributed by atoms with Gasteiger partial charge in [0.1, 0.15) is 5.75 Å². The van der Waals surface area contributed by atoms with E-state index in [2.05, 4.69) is 10.6 Å². The lowest BCUT2D eigenvalue weighted by Gasteiger charge is -2.34. The quantitative estimate of drug-likeness (QED) is 0.437. The minimum absolute atomic E-state index is 0.00954. The van der Waals surface area contributed by atoms with Crippen molar-refractivity contribution in [1.82, 2.24) is 15.5 Å². The van der Waals surface area contributed by atoms with Gasteiger partial charge in [-0.1, -0.05) is 6.07 Å². The van der Waals surface area contributed by atoms with Crippen molar-refractivity contribution >= 4 is 36.0 Å². The monoisotopic (exact) mass is 451 g/mol. The number of benzene rings is 1. The molecule has 170 valence electrons. The second-order valence-electron chi connectivity index (χ2n) is 7.30. The number of hydrogen-bond acceptors (Lipinski definition) is 6. The maximum atomic E-state index is 12.6. The number of hydrogen-bond donors (Lipinski definition) is 3. The molecule has 1 saturated heterocycles. The highest BCUT2D eigenvalue weighted by atomic mass is 32.2. The molecule has 3 N–H and O–H groups in total. The lowest BCUT2D eigenvalue weighted by atomic mass is 9.85. The summed E-state index contributed by atoms with van der Waals surface area (Å²) in [5, 5.41) is 12.7. The average molecular weight is 452 g/mol. The number of carbonyl (C=O) groups excluding carboxylic acids is 3. The Labute approximate surface area is 185 Å². The van der Waals surface area contributed by atoms with Crippen LogP contribution in [0.4, 0.5) is 0 Å². The number of nitrogens with zero attached hydrogens (tertiary/aromatic N) is 1. The summed E-state index contributed by atoms with van der Waals surface area (Å²) in [4.78, 5) is 47.3. The molecule has 10 heteroatoms. The molecule has 0 radical (unpaired) electrons. The van der Waals surface area contributed by atoms with Gasteiger partial charge >= 0.3 is 0 Å². The molecular weight excluding hydrogens is 422 g/mol. The van der Waals surface area contributed by atoms with Gasteiger partial charge in [0.2, 0.25) is 17.7 Å². The Morgan fingerprint density at radius 3 is 2.68 bits per heavy atom. The lowest BCUT2D eigenvalue weighted by molar-refractivity contribution is -0.142. The molecule has 0 unspecified atom stereocenters. The van der Waals surface area contributed by atoms with Crippen LogP contribution in [0.5, 0.6) is 5.75 Å². The van der Waals surface area contributed by atoms with E-state index in [9.17, 15) is 14.4 Å². The van der Waals surface area contributed by atoms with Crippen molar-refractivity contribution in [2.45, 2.75) is 36.6 Å². The van der Waals surface area contributed by atoms with Crippen LogP contribution in [0.3, 0.4) is 0 Å². The molecule has 9 nitrogen and oxygen atoms in total. The van der Waals surface area contributed by atoms with Gasteiger partial charge < -0.3 is 25.4 Å². The number of thioether (sulfide) groups is 1. The van der Waals surface area contributed by atoms with Gasteiger partial charge in [0.15, 0.2) is 0 Å². The van der Waals surface area contributed by atoms with Crippen LogP contribution in [0.15, 0.2) is 29.2 Å². The van der Waals surface area contributed by atoms with Gasteiger partial charge in [-0.05, 0) is 43.9 Å². The van der Waals surface area contributed by atoms with Crippen molar-refractivity contribution in [2.24, 2.45) is 5.92 Å². The molecule has 1 aromatic rings.